The Morgan fingerprint density at radius 2 is 2.16 bits per heavy atom. The second-order valence-electron chi connectivity index (χ2n) is 3.87. The Morgan fingerprint density at radius 1 is 1.42 bits per heavy atom. The van der Waals surface area contributed by atoms with E-state index in [1.807, 2.05) is 6.92 Å². The number of hydrogen-bond donors (Lipinski definition) is 2. The molecule has 0 spiro atoms. The lowest BCUT2D eigenvalue weighted by Crippen LogP contribution is -1.92. The van der Waals surface area contributed by atoms with E-state index in [0.29, 0.717) is 20.9 Å². The maximum absolute atomic E-state index is 8.80. The Kier molecular flexibility index (Phi) is 4.29. The summed E-state index contributed by atoms with van der Waals surface area (Å²) < 4.78 is 0. The summed E-state index contributed by atoms with van der Waals surface area (Å²) in [5, 5.41) is 16.9. The van der Waals surface area contributed by atoms with Crippen molar-refractivity contribution in [2.75, 3.05) is 5.32 Å². The summed E-state index contributed by atoms with van der Waals surface area (Å²) in [5.41, 5.74) is 2.06. The molecule has 0 amide bonds. The molecular weight excluding hydrogens is 305 g/mol. The van der Waals surface area contributed by atoms with Crippen LogP contribution in [-0.2, 0) is 0 Å². The number of aromatic nitrogens is 1. The molecule has 2 N–H and O–H groups in total. The Hall–Kier alpha value is -1.30. The summed E-state index contributed by atoms with van der Waals surface area (Å²) in [7, 11) is 0. The third-order valence-electron chi connectivity index (χ3n) is 2.45. The lowest BCUT2D eigenvalue weighted by Gasteiger charge is -2.04. The fourth-order valence-corrected chi connectivity index (χ4v) is 2.91. The van der Waals surface area contributed by atoms with Gasteiger partial charge in [0.1, 0.15) is 0 Å². The van der Waals surface area contributed by atoms with Crippen molar-refractivity contribution in [2.45, 2.75) is 13.8 Å². The zero-order valence-electron chi connectivity index (χ0n) is 10.2. The van der Waals surface area contributed by atoms with E-state index in [4.69, 9.17) is 28.4 Å². The van der Waals surface area contributed by atoms with Gasteiger partial charge < -0.3 is 10.5 Å². The minimum atomic E-state index is 0.523. The Balaban J connectivity index is 2.29. The maximum Gasteiger partial charge on any atom is 0.188 e. The van der Waals surface area contributed by atoms with Gasteiger partial charge in [-0.1, -0.05) is 39.7 Å². The second kappa shape index (κ2) is 5.77. The third kappa shape index (κ3) is 3.18. The Bertz CT molecular complexity index is 640. The summed E-state index contributed by atoms with van der Waals surface area (Å²) >= 11 is 13.3. The van der Waals surface area contributed by atoms with E-state index < -0.39 is 0 Å². The van der Waals surface area contributed by atoms with Crippen LogP contribution >= 0.6 is 34.5 Å². The molecule has 0 saturated carbocycles. The van der Waals surface area contributed by atoms with Crippen molar-refractivity contribution in [1.82, 2.24) is 4.98 Å². The number of thiazole rings is 1. The van der Waals surface area contributed by atoms with E-state index >= 15 is 0 Å². The van der Waals surface area contributed by atoms with Gasteiger partial charge in [0.25, 0.3) is 0 Å². The fraction of sp³-hybridized carbons (Fsp3) is 0.167. The molecule has 2 aromatic rings. The lowest BCUT2D eigenvalue weighted by molar-refractivity contribution is 0.319. The molecule has 4 nitrogen and oxygen atoms in total. The average Bonchev–Trinajstić information content (AvgIpc) is 2.73. The molecule has 1 aromatic carbocycles. The van der Waals surface area contributed by atoms with E-state index in [9.17, 15) is 0 Å². The van der Waals surface area contributed by atoms with Crippen LogP contribution in [0, 0.1) is 6.92 Å². The first-order chi connectivity index (χ1) is 9.01. The molecule has 0 fully saturated rings. The first-order valence-electron chi connectivity index (χ1n) is 5.40. The van der Waals surface area contributed by atoms with Crippen molar-refractivity contribution in [1.29, 1.82) is 0 Å². The zero-order chi connectivity index (χ0) is 14.0. The van der Waals surface area contributed by atoms with E-state index in [0.717, 1.165) is 16.3 Å². The molecular formula is C12H11Cl2N3OS. The number of oxime groups is 1. The summed E-state index contributed by atoms with van der Waals surface area (Å²) in [6.45, 7) is 3.58. The van der Waals surface area contributed by atoms with E-state index in [2.05, 4.69) is 15.5 Å². The molecule has 100 valence electrons. The fourth-order valence-electron chi connectivity index (χ4n) is 1.54. The molecule has 0 bridgehead atoms. The molecule has 19 heavy (non-hydrogen) atoms. The molecule has 0 unspecified atom stereocenters. The maximum atomic E-state index is 8.80. The number of rotatable bonds is 3. The number of benzene rings is 1. The van der Waals surface area contributed by atoms with Crippen molar-refractivity contribution in [3.8, 4) is 0 Å². The molecule has 1 heterocycles. The smallest absolute Gasteiger partial charge is 0.188 e. The monoisotopic (exact) mass is 315 g/mol. The SMILES string of the molecule is C/C(=N\O)c1sc(Nc2ccc(Cl)cc2Cl)nc1C. The van der Waals surface area contributed by atoms with Crippen LogP contribution in [0.25, 0.3) is 0 Å². The highest BCUT2D eigenvalue weighted by atomic mass is 35.5. The van der Waals surface area contributed by atoms with Gasteiger partial charge >= 0.3 is 0 Å². The van der Waals surface area contributed by atoms with Crippen molar-refractivity contribution >= 4 is 51.1 Å². The highest BCUT2D eigenvalue weighted by molar-refractivity contribution is 7.17. The van der Waals surface area contributed by atoms with Gasteiger partial charge in [0, 0.05) is 5.02 Å². The minimum absolute atomic E-state index is 0.523. The topological polar surface area (TPSA) is 57.5 Å². The normalized spacial score (nSPS) is 11.7. The van der Waals surface area contributed by atoms with Crippen molar-refractivity contribution in [3.63, 3.8) is 0 Å². The molecule has 2 rings (SSSR count). The minimum Gasteiger partial charge on any atom is -0.411 e. The number of nitrogens with one attached hydrogen (secondary N) is 1. The lowest BCUT2D eigenvalue weighted by atomic mass is 10.3. The predicted octanol–water partition coefficient (Wildman–Crippen LogP) is 4.70. The highest BCUT2D eigenvalue weighted by Gasteiger charge is 2.11. The molecule has 0 atom stereocenters. The summed E-state index contributed by atoms with van der Waals surface area (Å²) in [5.74, 6) is 0. The van der Waals surface area contributed by atoms with Crippen LogP contribution in [0.4, 0.5) is 10.8 Å². The quantitative estimate of drug-likeness (QED) is 0.490. The number of hydrogen-bond acceptors (Lipinski definition) is 5. The van der Waals surface area contributed by atoms with E-state index in [-0.39, 0.29) is 0 Å². The summed E-state index contributed by atoms with van der Waals surface area (Å²) in [6, 6.07) is 5.19. The number of anilines is 2. The van der Waals surface area contributed by atoms with E-state index in [1.165, 1.54) is 11.3 Å². The van der Waals surface area contributed by atoms with Crippen molar-refractivity contribution < 1.29 is 5.21 Å². The predicted molar refractivity (Wildman–Crippen MR) is 80.6 cm³/mol. The zero-order valence-corrected chi connectivity index (χ0v) is 12.6. The number of nitrogens with zero attached hydrogens (tertiary/aromatic N) is 2. The number of halogens is 2. The molecule has 0 radical (unpaired) electrons. The molecule has 7 heteroatoms. The Labute approximate surface area is 124 Å². The van der Waals surface area contributed by atoms with Crippen LogP contribution in [0.15, 0.2) is 23.4 Å². The van der Waals surface area contributed by atoms with Crippen LogP contribution in [0.5, 0.6) is 0 Å². The van der Waals surface area contributed by atoms with Gasteiger partial charge in [0.2, 0.25) is 0 Å². The molecule has 0 aliphatic rings. The Morgan fingerprint density at radius 3 is 2.79 bits per heavy atom. The molecule has 0 aliphatic carbocycles. The summed E-state index contributed by atoms with van der Waals surface area (Å²) in [4.78, 5) is 5.19. The van der Waals surface area contributed by atoms with Gasteiger partial charge in [-0.25, -0.2) is 4.98 Å². The highest BCUT2D eigenvalue weighted by Crippen LogP contribution is 2.31. The van der Waals surface area contributed by atoms with Crippen LogP contribution in [0.3, 0.4) is 0 Å². The largest absolute Gasteiger partial charge is 0.411 e. The van der Waals surface area contributed by atoms with Gasteiger partial charge in [-0.3, -0.25) is 0 Å². The van der Waals surface area contributed by atoms with Gasteiger partial charge in [-0.05, 0) is 32.0 Å². The van der Waals surface area contributed by atoms with E-state index in [1.54, 1.807) is 25.1 Å². The standard InChI is InChI=1S/C12H11Cl2N3OS/c1-6-11(7(2)17-18)19-12(15-6)16-10-4-3-8(13)5-9(10)14/h3-5,18H,1-2H3,(H,15,16)/b17-7+. The molecule has 0 saturated heterocycles. The van der Waals surface area contributed by atoms with Crippen molar-refractivity contribution in [2.24, 2.45) is 5.16 Å². The van der Waals surface area contributed by atoms with Gasteiger partial charge in [0.15, 0.2) is 5.13 Å². The first kappa shape index (κ1) is 14.1. The van der Waals surface area contributed by atoms with Crippen molar-refractivity contribution in [3.05, 3.63) is 38.8 Å². The van der Waals surface area contributed by atoms with Crippen LogP contribution < -0.4 is 5.32 Å². The number of aryl methyl sites for hydroxylation is 1. The van der Waals surface area contributed by atoms with Gasteiger partial charge in [-0.2, -0.15) is 0 Å². The third-order valence-corrected chi connectivity index (χ3v) is 4.18. The van der Waals surface area contributed by atoms with Crippen LogP contribution in [0.2, 0.25) is 10.0 Å². The molecule has 0 aliphatic heterocycles. The van der Waals surface area contributed by atoms with Gasteiger partial charge in [-0.15, -0.1) is 0 Å². The van der Waals surface area contributed by atoms with Crippen LogP contribution in [0.1, 0.15) is 17.5 Å². The van der Waals surface area contributed by atoms with Crippen LogP contribution in [-0.4, -0.2) is 15.9 Å². The molecule has 1 aromatic heterocycles. The summed E-state index contributed by atoms with van der Waals surface area (Å²) in [6.07, 6.45) is 0. The van der Waals surface area contributed by atoms with Gasteiger partial charge in [0.05, 0.1) is 27.0 Å². The second-order valence-corrected chi connectivity index (χ2v) is 5.71. The average molecular weight is 316 g/mol. The first-order valence-corrected chi connectivity index (χ1v) is 6.97.